The molecule has 4 nitrogen and oxygen atoms in total. The third-order valence-electron chi connectivity index (χ3n) is 2.47. The average molecular weight is 370 g/mol. The van der Waals surface area contributed by atoms with E-state index in [1.54, 1.807) is 43.5 Å². The van der Waals surface area contributed by atoms with Crippen molar-refractivity contribution in [1.29, 1.82) is 0 Å². The van der Waals surface area contributed by atoms with Gasteiger partial charge in [0, 0.05) is 0 Å². The Morgan fingerprint density at radius 1 is 1.11 bits per heavy atom. The predicted octanol–water partition coefficient (Wildman–Crippen LogP) is 3.79. The Kier molecular flexibility index (Phi) is 4.26. The van der Waals surface area contributed by atoms with Crippen LogP contribution in [0, 0.1) is 3.57 Å². The van der Waals surface area contributed by atoms with E-state index in [4.69, 9.17) is 14.6 Å². The zero-order chi connectivity index (χ0) is 13.8. The molecule has 0 atom stereocenters. The van der Waals surface area contributed by atoms with Crippen molar-refractivity contribution in [3.8, 4) is 17.2 Å². The van der Waals surface area contributed by atoms with Crippen LogP contribution in [0.4, 0.5) is 0 Å². The largest absolute Gasteiger partial charge is 0.497 e. The van der Waals surface area contributed by atoms with E-state index in [1.807, 2.05) is 22.6 Å². The normalized spacial score (nSPS) is 10.0. The molecule has 98 valence electrons. The van der Waals surface area contributed by atoms with Crippen molar-refractivity contribution in [2.75, 3.05) is 7.11 Å². The second-order valence-electron chi connectivity index (χ2n) is 3.73. The van der Waals surface area contributed by atoms with Gasteiger partial charge in [0.1, 0.15) is 17.2 Å². The summed E-state index contributed by atoms with van der Waals surface area (Å²) in [4.78, 5) is 10.8. The summed E-state index contributed by atoms with van der Waals surface area (Å²) in [5.74, 6) is 1.09. The molecule has 1 N–H and O–H groups in total. The minimum atomic E-state index is -0.950. The lowest BCUT2D eigenvalue weighted by molar-refractivity contribution is 0.0697. The number of benzene rings is 2. The summed E-state index contributed by atoms with van der Waals surface area (Å²) < 4.78 is 11.5. The number of carbonyl (C=O) groups is 1. The summed E-state index contributed by atoms with van der Waals surface area (Å²) >= 11 is 2.05. The summed E-state index contributed by atoms with van der Waals surface area (Å²) in [7, 11) is 1.60. The Hall–Kier alpha value is -1.76. The van der Waals surface area contributed by atoms with E-state index in [-0.39, 0.29) is 5.56 Å². The fourth-order valence-corrected chi connectivity index (χ4v) is 2.11. The Morgan fingerprint density at radius 2 is 1.74 bits per heavy atom. The van der Waals surface area contributed by atoms with Crippen LogP contribution in [0.25, 0.3) is 0 Å². The van der Waals surface area contributed by atoms with Crippen LogP contribution in [0.2, 0.25) is 0 Å². The second kappa shape index (κ2) is 5.92. The van der Waals surface area contributed by atoms with Crippen LogP contribution in [0.3, 0.4) is 0 Å². The summed E-state index contributed by atoms with van der Waals surface area (Å²) in [6.45, 7) is 0. The molecule has 2 rings (SSSR count). The Morgan fingerprint density at radius 3 is 2.26 bits per heavy atom. The van der Waals surface area contributed by atoms with Gasteiger partial charge in [0.2, 0.25) is 0 Å². The summed E-state index contributed by atoms with van der Waals surface area (Å²) in [5.41, 5.74) is 0.242. The maximum atomic E-state index is 10.8. The molecule has 0 aliphatic rings. The number of carboxylic acids is 1. The molecule has 0 saturated carbocycles. The van der Waals surface area contributed by atoms with Crippen LogP contribution in [0.15, 0.2) is 42.5 Å². The van der Waals surface area contributed by atoms with Crippen molar-refractivity contribution < 1.29 is 19.4 Å². The van der Waals surface area contributed by atoms with Gasteiger partial charge in [-0.3, -0.25) is 0 Å². The highest BCUT2D eigenvalue weighted by Crippen LogP contribution is 2.28. The molecule has 0 fully saturated rings. The van der Waals surface area contributed by atoms with Crippen molar-refractivity contribution in [2.45, 2.75) is 0 Å². The quantitative estimate of drug-likeness (QED) is 0.833. The summed E-state index contributed by atoms with van der Waals surface area (Å²) in [6, 6.07) is 11.9. The number of ether oxygens (including phenoxy) is 2. The first-order valence-electron chi connectivity index (χ1n) is 5.45. The average Bonchev–Trinajstić information content (AvgIpc) is 2.41. The minimum Gasteiger partial charge on any atom is -0.497 e. The predicted molar refractivity (Wildman–Crippen MR) is 79.2 cm³/mol. The van der Waals surface area contributed by atoms with E-state index in [9.17, 15) is 4.79 Å². The fourth-order valence-electron chi connectivity index (χ4n) is 1.49. The van der Waals surface area contributed by atoms with Crippen molar-refractivity contribution in [1.82, 2.24) is 0 Å². The Balaban J connectivity index is 2.20. The zero-order valence-corrected chi connectivity index (χ0v) is 12.2. The van der Waals surface area contributed by atoms with E-state index in [0.29, 0.717) is 11.5 Å². The number of rotatable bonds is 4. The first-order valence-corrected chi connectivity index (χ1v) is 6.53. The highest BCUT2D eigenvalue weighted by molar-refractivity contribution is 14.1. The van der Waals surface area contributed by atoms with Crippen molar-refractivity contribution >= 4 is 28.6 Å². The fraction of sp³-hybridized carbons (Fsp3) is 0.0714. The summed E-state index contributed by atoms with van der Waals surface area (Å²) in [6.07, 6.45) is 0. The van der Waals surface area contributed by atoms with Gasteiger partial charge in [-0.25, -0.2) is 4.79 Å². The Bertz CT molecular complexity index is 593. The number of hydrogen-bond acceptors (Lipinski definition) is 3. The minimum absolute atomic E-state index is 0.242. The number of carboxylic acid groups (broad SMARTS) is 1. The molecule has 0 aliphatic heterocycles. The highest BCUT2D eigenvalue weighted by Gasteiger charge is 2.08. The molecule has 0 radical (unpaired) electrons. The number of methoxy groups -OCH3 is 1. The molecular weight excluding hydrogens is 359 g/mol. The lowest BCUT2D eigenvalue weighted by Gasteiger charge is -2.09. The molecule has 0 spiro atoms. The molecule has 0 bridgehead atoms. The van der Waals surface area contributed by atoms with Gasteiger partial charge >= 0.3 is 5.97 Å². The van der Waals surface area contributed by atoms with Gasteiger partial charge in [0.25, 0.3) is 0 Å². The molecule has 5 heteroatoms. The van der Waals surface area contributed by atoms with Gasteiger partial charge in [-0.1, -0.05) is 0 Å². The Labute approximate surface area is 124 Å². The lowest BCUT2D eigenvalue weighted by Crippen LogP contribution is -1.97. The van der Waals surface area contributed by atoms with E-state index in [2.05, 4.69) is 0 Å². The van der Waals surface area contributed by atoms with Crippen LogP contribution >= 0.6 is 22.6 Å². The molecule has 2 aromatic carbocycles. The third-order valence-corrected chi connectivity index (χ3v) is 3.31. The van der Waals surface area contributed by atoms with Gasteiger partial charge in [-0.2, -0.15) is 0 Å². The molecule has 2 aromatic rings. The van der Waals surface area contributed by atoms with Crippen LogP contribution < -0.4 is 9.47 Å². The van der Waals surface area contributed by atoms with E-state index >= 15 is 0 Å². The highest BCUT2D eigenvalue weighted by atomic mass is 127. The third kappa shape index (κ3) is 3.37. The standard InChI is InChI=1S/C14H11IO4/c1-18-10-3-5-11(6-4-10)19-13-7-2-9(14(16)17)8-12(13)15/h2-8H,1H3,(H,16,17). The topological polar surface area (TPSA) is 55.8 Å². The zero-order valence-electron chi connectivity index (χ0n) is 10.1. The smallest absolute Gasteiger partial charge is 0.335 e. The SMILES string of the molecule is COc1ccc(Oc2ccc(C(=O)O)cc2I)cc1. The maximum absolute atomic E-state index is 10.8. The van der Waals surface area contributed by atoms with E-state index in [0.717, 1.165) is 9.32 Å². The van der Waals surface area contributed by atoms with Crippen molar-refractivity contribution in [3.05, 3.63) is 51.6 Å². The van der Waals surface area contributed by atoms with Crippen molar-refractivity contribution in [2.24, 2.45) is 0 Å². The van der Waals surface area contributed by atoms with Crippen LogP contribution in [0.5, 0.6) is 17.2 Å². The van der Waals surface area contributed by atoms with Crippen molar-refractivity contribution in [3.63, 3.8) is 0 Å². The molecule has 0 aromatic heterocycles. The molecule has 0 saturated heterocycles. The second-order valence-corrected chi connectivity index (χ2v) is 4.89. The van der Waals surface area contributed by atoms with E-state index < -0.39 is 5.97 Å². The molecule has 0 aliphatic carbocycles. The van der Waals surface area contributed by atoms with Gasteiger partial charge in [-0.05, 0) is 65.1 Å². The molecule has 19 heavy (non-hydrogen) atoms. The van der Waals surface area contributed by atoms with Crippen LogP contribution in [-0.2, 0) is 0 Å². The number of halogens is 1. The monoisotopic (exact) mass is 370 g/mol. The summed E-state index contributed by atoms with van der Waals surface area (Å²) in [5, 5.41) is 8.89. The maximum Gasteiger partial charge on any atom is 0.335 e. The van der Waals surface area contributed by atoms with Crippen LogP contribution in [-0.4, -0.2) is 18.2 Å². The molecule has 0 unspecified atom stereocenters. The molecule has 0 heterocycles. The van der Waals surface area contributed by atoms with E-state index in [1.165, 1.54) is 6.07 Å². The number of aromatic carboxylic acids is 1. The first kappa shape index (κ1) is 13.7. The molecule has 0 amide bonds. The van der Waals surface area contributed by atoms with Gasteiger partial charge in [0.05, 0.1) is 16.2 Å². The van der Waals surface area contributed by atoms with Gasteiger partial charge in [-0.15, -0.1) is 0 Å². The van der Waals surface area contributed by atoms with Crippen LogP contribution in [0.1, 0.15) is 10.4 Å². The first-order chi connectivity index (χ1) is 9.10. The lowest BCUT2D eigenvalue weighted by atomic mass is 10.2. The molecular formula is C14H11IO4. The van der Waals surface area contributed by atoms with Gasteiger partial charge < -0.3 is 14.6 Å². The van der Waals surface area contributed by atoms with Gasteiger partial charge in [0.15, 0.2) is 0 Å². The number of hydrogen-bond donors (Lipinski definition) is 1.